The maximum absolute atomic E-state index is 13.1. The molecule has 0 spiro atoms. The molecule has 1 aromatic carbocycles. The molecule has 0 aliphatic heterocycles. The van der Waals surface area contributed by atoms with Crippen molar-refractivity contribution in [3.63, 3.8) is 0 Å². The van der Waals surface area contributed by atoms with Crippen LogP contribution in [0.15, 0.2) is 35.7 Å². The van der Waals surface area contributed by atoms with Crippen LogP contribution >= 0.6 is 0 Å². The first-order valence-corrected chi connectivity index (χ1v) is 5.04. The zero-order valence-electron chi connectivity index (χ0n) is 9.54. The van der Waals surface area contributed by atoms with Crippen LogP contribution in [0.1, 0.15) is 5.56 Å². The summed E-state index contributed by atoms with van der Waals surface area (Å²) in [6, 6.07) is 3.75. The van der Waals surface area contributed by atoms with E-state index < -0.39 is 5.82 Å². The molecule has 0 aliphatic carbocycles. The van der Waals surface area contributed by atoms with Crippen LogP contribution in [-0.2, 0) is 7.05 Å². The Hall–Kier alpha value is -2.57. The first-order valence-electron chi connectivity index (χ1n) is 5.04. The lowest BCUT2D eigenvalue weighted by Gasteiger charge is -2.08. The number of oxime groups is 1. The molecule has 0 fully saturated rings. The number of aromatic nitrogens is 2. The number of aryl methyl sites for hydroxylation is 1. The monoisotopic (exact) mass is 250 g/mol. The van der Waals surface area contributed by atoms with Gasteiger partial charge in [0.05, 0.1) is 18.0 Å². The Balaban J connectivity index is 2.38. The Morgan fingerprint density at radius 2 is 2.33 bits per heavy atom. The second kappa shape index (κ2) is 4.74. The summed E-state index contributed by atoms with van der Waals surface area (Å²) in [5.41, 5.74) is 5.62. The van der Waals surface area contributed by atoms with E-state index in [1.54, 1.807) is 17.9 Å². The van der Waals surface area contributed by atoms with E-state index in [2.05, 4.69) is 10.3 Å². The summed E-state index contributed by atoms with van der Waals surface area (Å²) >= 11 is 0. The Morgan fingerprint density at radius 3 is 2.94 bits per heavy atom. The summed E-state index contributed by atoms with van der Waals surface area (Å²) < 4.78 is 20.2. The van der Waals surface area contributed by atoms with E-state index in [-0.39, 0.29) is 17.1 Å². The van der Waals surface area contributed by atoms with Crippen molar-refractivity contribution in [2.75, 3.05) is 0 Å². The van der Waals surface area contributed by atoms with Gasteiger partial charge in [-0.25, -0.2) is 4.39 Å². The van der Waals surface area contributed by atoms with Crippen LogP contribution in [0.25, 0.3) is 0 Å². The summed E-state index contributed by atoms with van der Waals surface area (Å²) in [5, 5.41) is 15.4. The smallest absolute Gasteiger partial charge is 0.173 e. The molecule has 0 atom stereocenters. The third-order valence-electron chi connectivity index (χ3n) is 2.23. The summed E-state index contributed by atoms with van der Waals surface area (Å²) in [6.45, 7) is 0. The molecule has 6 nitrogen and oxygen atoms in total. The predicted octanol–water partition coefficient (Wildman–Crippen LogP) is 1.45. The van der Waals surface area contributed by atoms with E-state index in [4.69, 9.17) is 15.7 Å². The topological polar surface area (TPSA) is 85.7 Å². The van der Waals surface area contributed by atoms with Gasteiger partial charge in [0.1, 0.15) is 11.6 Å². The molecule has 1 heterocycles. The van der Waals surface area contributed by atoms with Gasteiger partial charge in [0.2, 0.25) is 0 Å². The fourth-order valence-electron chi connectivity index (χ4n) is 1.42. The van der Waals surface area contributed by atoms with Gasteiger partial charge in [-0.1, -0.05) is 5.16 Å². The Morgan fingerprint density at radius 1 is 1.56 bits per heavy atom. The van der Waals surface area contributed by atoms with Gasteiger partial charge in [-0.15, -0.1) is 0 Å². The van der Waals surface area contributed by atoms with Crippen molar-refractivity contribution in [2.24, 2.45) is 17.9 Å². The van der Waals surface area contributed by atoms with E-state index in [0.29, 0.717) is 5.75 Å². The minimum Gasteiger partial charge on any atom is -0.453 e. The second-order valence-corrected chi connectivity index (χ2v) is 3.58. The molecule has 0 amide bonds. The maximum atomic E-state index is 13.1. The summed E-state index contributed by atoms with van der Waals surface area (Å²) in [5.74, 6) is 0.0133. The van der Waals surface area contributed by atoms with Crippen LogP contribution in [0.3, 0.4) is 0 Å². The van der Waals surface area contributed by atoms with Gasteiger partial charge < -0.3 is 15.7 Å². The van der Waals surface area contributed by atoms with E-state index in [1.165, 1.54) is 18.3 Å². The van der Waals surface area contributed by atoms with Gasteiger partial charge in [0.25, 0.3) is 0 Å². The minimum absolute atomic E-state index is 0.168. The highest BCUT2D eigenvalue weighted by molar-refractivity contribution is 5.99. The number of halogens is 1. The van der Waals surface area contributed by atoms with Gasteiger partial charge in [0, 0.05) is 7.05 Å². The number of hydrogen-bond donors (Lipinski definition) is 2. The van der Waals surface area contributed by atoms with Crippen molar-refractivity contribution in [1.82, 2.24) is 9.78 Å². The molecule has 0 aliphatic rings. The Kier molecular flexibility index (Phi) is 3.13. The van der Waals surface area contributed by atoms with Gasteiger partial charge in [-0.05, 0) is 18.2 Å². The summed E-state index contributed by atoms with van der Waals surface area (Å²) in [4.78, 5) is 0. The number of rotatable bonds is 3. The average Bonchev–Trinajstić information content (AvgIpc) is 2.76. The molecule has 18 heavy (non-hydrogen) atoms. The zero-order chi connectivity index (χ0) is 13.1. The van der Waals surface area contributed by atoms with Crippen molar-refractivity contribution < 1.29 is 14.3 Å². The van der Waals surface area contributed by atoms with E-state index in [0.717, 1.165) is 6.07 Å². The first-order chi connectivity index (χ1) is 8.60. The summed E-state index contributed by atoms with van der Waals surface area (Å²) in [6.07, 6.45) is 3.14. The van der Waals surface area contributed by atoms with Crippen molar-refractivity contribution in [3.05, 3.63) is 42.0 Å². The van der Waals surface area contributed by atoms with Crippen LogP contribution < -0.4 is 10.5 Å². The molecule has 0 saturated heterocycles. The number of nitrogens with two attached hydrogens (primary N) is 1. The zero-order valence-corrected chi connectivity index (χ0v) is 9.54. The van der Waals surface area contributed by atoms with Crippen LogP contribution in [0, 0.1) is 5.82 Å². The van der Waals surface area contributed by atoms with Gasteiger partial charge in [-0.2, -0.15) is 5.10 Å². The fraction of sp³-hybridized carbons (Fsp3) is 0.0909. The molecule has 0 saturated carbocycles. The van der Waals surface area contributed by atoms with E-state index in [1.807, 2.05) is 0 Å². The van der Waals surface area contributed by atoms with Crippen LogP contribution in [0.2, 0.25) is 0 Å². The molecule has 0 bridgehead atoms. The van der Waals surface area contributed by atoms with E-state index >= 15 is 0 Å². The highest BCUT2D eigenvalue weighted by Crippen LogP contribution is 2.25. The Bertz CT molecular complexity index is 594. The Labute approximate surface area is 102 Å². The third-order valence-corrected chi connectivity index (χ3v) is 2.23. The highest BCUT2D eigenvalue weighted by atomic mass is 19.1. The van der Waals surface area contributed by atoms with Crippen molar-refractivity contribution >= 4 is 5.84 Å². The predicted molar refractivity (Wildman–Crippen MR) is 62.2 cm³/mol. The van der Waals surface area contributed by atoms with Crippen LogP contribution in [0.5, 0.6) is 11.5 Å². The molecular formula is C11H11FN4O2. The van der Waals surface area contributed by atoms with Gasteiger partial charge in [0.15, 0.2) is 11.6 Å². The number of hydrogen-bond acceptors (Lipinski definition) is 4. The first kappa shape index (κ1) is 11.9. The third kappa shape index (κ3) is 2.40. The van der Waals surface area contributed by atoms with Crippen molar-refractivity contribution in [2.45, 2.75) is 0 Å². The summed E-state index contributed by atoms with van der Waals surface area (Å²) in [7, 11) is 1.74. The molecule has 7 heteroatoms. The lowest BCUT2D eigenvalue weighted by Crippen LogP contribution is -2.14. The van der Waals surface area contributed by atoms with Crippen LogP contribution in [0.4, 0.5) is 4.39 Å². The SMILES string of the molecule is Cn1cc(Oc2ccc(F)cc2/C(N)=N/O)cn1. The van der Waals surface area contributed by atoms with Gasteiger partial charge >= 0.3 is 0 Å². The number of ether oxygens (including phenoxy) is 1. The largest absolute Gasteiger partial charge is 0.453 e. The molecule has 2 aromatic rings. The lowest BCUT2D eigenvalue weighted by atomic mass is 10.2. The maximum Gasteiger partial charge on any atom is 0.173 e. The number of benzene rings is 1. The normalized spacial score (nSPS) is 11.6. The minimum atomic E-state index is -0.505. The molecule has 2 rings (SSSR count). The number of amidine groups is 1. The molecular weight excluding hydrogens is 239 g/mol. The quantitative estimate of drug-likeness (QED) is 0.373. The fourth-order valence-corrected chi connectivity index (χ4v) is 1.42. The molecule has 94 valence electrons. The highest BCUT2D eigenvalue weighted by Gasteiger charge is 2.11. The molecule has 0 unspecified atom stereocenters. The van der Waals surface area contributed by atoms with E-state index in [9.17, 15) is 4.39 Å². The molecule has 1 aromatic heterocycles. The second-order valence-electron chi connectivity index (χ2n) is 3.58. The van der Waals surface area contributed by atoms with Crippen LogP contribution in [-0.4, -0.2) is 20.8 Å². The standard InChI is InChI=1S/C11H11FN4O2/c1-16-6-8(5-14-16)18-10-3-2-7(12)4-9(10)11(13)15-17/h2-6,17H,1H3,(H2,13,15). The molecule has 0 radical (unpaired) electrons. The number of nitrogens with zero attached hydrogens (tertiary/aromatic N) is 3. The average molecular weight is 250 g/mol. The van der Waals surface area contributed by atoms with Gasteiger partial charge in [-0.3, -0.25) is 4.68 Å². The van der Waals surface area contributed by atoms with Crippen molar-refractivity contribution in [3.8, 4) is 11.5 Å². The molecule has 3 N–H and O–H groups in total. The van der Waals surface area contributed by atoms with Crippen molar-refractivity contribution in [1.29, 1.82) is 0 Å². The lowest BCUT2D eigenvalue weighted by molar-refractivity contribution is 0.318.